The molecule has 0 saturated carbocycles. The fourth-order valence-corrected chi connectivity index (χ4v) is 1.98. The third kappa shape index (κ3) is 2.92. The Balaban J connectivity index is 2.21. The standard InChI is InChI=1S/C13H10BrFN2O/c14-6-9-3-1-2-4-12(9)17-13(18)10-5-11(15)8-16-7-10/h1-5,7-8H,6H2,(H,17,18). The number of aromatic nitrogens is 1. The smallest absolute Gasteiger partial charge is 0.257 e. The van der Waals surface area contributed by atoms with E-state index in [-0.39, 0.29) is 11.5 Å². The van der Waals surface area contributed by atoms with E-state index in [1.807, 2.05) is 18.2 Å². The molecule has 1 amide bonds. The van der Waals surface area contributed by atoms with Gasteiger partial charge in [-0.3, -0.25) is 9.78 Å². The molecule has 92 valence electrons. The van der Waals surface area contributed by atoms with Crippen LogP contribution in [0.2, 0.25) is 0 Å². The number of halogens is 2. The van der Waals surface area contributed by atoms with Crippen molar-refractivity contribution >= 4 is 27.5 Å². The number of hydrogen-bond donors (Lipinski definition) is 1. The van der Waals surface area contributed by atoms with Crippen molar-refractivity contribution in [2.24, 2.45) is 0 Å². The molecular formula is C13H10BrFN2O. The van der Waals surface area contributed by atoms with E-state index in [1.54, 1.807) is 6.07 Å². The van der Waals surface area contributed by atoms with Crippen molar-refractivity contribution in [3.8, 4) is 0 Å². The summed E-state index contributed by atoms with van der Waals surface area (Å²) in [6.45, 7) is 0. The van der Waals surface area contributed by atoms with Crippen LogP contribution < -0.4 is 5.32 Å². The number of anilines is 1. The van der Waals surface area contributed by atoms with Gasteiger partial charge in [0.05, 0.1) is 11.8 Å². The van der Waals surface area contributed by atoms with Gasteiger partial charge < -0.3 is 5.32 Å². The summed E-state index contributed by atoms with van der Waals surface area (Å²) in [5, 5.41) is 3.36. The van der Waals surface area contributed by atoms with Gasteiger partial charge in [0.15, 0.2) is 0 Å². The number of benzene rings is 1. The first kappa shape index (κ1) is 12.7. The van der Waals surface area contributed by atoms with E-state index < -0.39 is 5.82 Å². The van der Waals surface area contributed by atoms with E-state index >= 15 is 0 Å². The summed E-state index contributed by atoms with van der Waals surface area (Å²) in [6.07, 6.45) is 2.39. The molecule has 0 saturated heterocycles. The lowest BCUT2D eigenvalue weighted by atomic mass is 10.2. The number of nitrogens with zero attached hydrogens (tertiary/aromatic N) is 1. The number of para-hydroxylation sites is 1. The summed E-state index contributed by atoms with van der Waals surface area (Å²) >= 11 is 3.34. The van der Waals surface area contributed by atoms with Crippen LogP contribution >= 0.6 is 15.9 Å². The van der Waals surface area contributed by atoms with Crippen LogP contribution in [0.3, 0.4) is 0 Å². The second-order valence-electron chi connectivity index (χ2n) is 3.64. The zero-order chi connectivity index (χ0) is 13.0. The van der Waals surface area contributed by atoms with Crippen LogP contribution in [0.15, 0.2) is 42.7 Å². The normalized spacial score (nSPS) is 10.1. The molecule has 0 atom stereocenters. The van der Waals surface area contributed by atoms with Crippen LogP contribution in [0.1, 0.15) is 15.9 Å². The molecule has 0 aliphatic carbocycles. The molecular weight excluding hydrogens is 299 g/mol. The maximum atomic E-state index is 13.0. The Kier molecular flexibility index (Phi) is 4.04. The molecule has 1 N–H and O–H groups in total. The van der Waals surface area contributed by atoms with Crippen molar-refractivity contribution in [1.82, 2.24) is 4.98 Å². The van der Waals surface area contributed by atoms with Crippen LogP contribution in [-0.2, 0) is 5.33 Å². The Morgan fingerprint density at radius 2 is 2.11 bits per heavy atom. The third-order valence-electron chi connectivity index (χ3n) is 2.38. The fourth-order valence-electron chi connectivity index (χ4n) is 1.49. The van der Waals surface area contributed by atoms with E-state index in [0.717, 1.165) is 17.8 Å². The molecule has 0 aliphatic rings. The van der Waals surface area contributed by atoms with Gasteiger partial charge >= 0.3 is 0 Å². The highest BCUT2D eigenvalue weighted by atomic mass is 79.9. The number of pyridine rings is 1. The lowest BCUT2D eigenvalue weighted by Gasteiger charge is -2.08. The van der Waals surface area contributed by atoms with Gasteiger partial charge in [-0.1, -0.05) is 34.1 Å². The van der Waals surface area contributed by atoms with Gasteiger partial charge in [0.1, 0.15) is 5.82 Å². The maximum absolute atomic E-state index is 13.0. The number of amides is 1. The molecule has 18 heavy (non-hydrogen) atoms. The second-order valence-corrected chi connectivity index (χ2v) is 4.20. The van der Waals surface area contributed by atoms with E-state index in [9.17, 15) is 9.18 Å². The Hall–Kier alpha value is -1.75. The Morgan fingerprint density at radius 3 is 2.83 bits per heavy atom. The second kappa shape index (κ2) is 5.73. The SMILES string of the molecule is O=C(Nc1ccccc1CBr)c1cncc(F)c1. The van der Waals surface area contributed by atoms with Gasteiger partial charge in [0.2, 0.25) is 0 Å². The Labute approximate surface area is 112 Å². The number of hydrogen-bond acceptors (Lipinski definition) is 2. The zero-order valence-electron chi connectivity index (χ0n) is 9.36. The fraction of sp³-hybridized carbons (Fsp3) is 0.0769. The van der Waals surface area contributed by atoms with E-state index in [2.05, 4.69) is 26.2 Å². The first-order valence-electron chi connectivity index (χ1n) is 5.26. The highest BCUT2D eigenvalue weighted by molar-refractivity contribution is 9.08. The summed E-state index contributed by atoms with van der Waals surface area (Å²) in [7, 11) is 0. The molecule has 2 rings (SSSR count). The zero-order valence-corrected chi connectivity index (χ0v) is 10.9. The number of carbonyl (C=O) groups is 1. The Morgan fingerprint density at radius 1 is 1.33 bits per heavy atom. The largest absolute Gasteiger partial charge is 0.322 e. The molecule has 5 heteroatoms. The highest BCUT2D eigenvalue weighted by Crippen LogP contribution is 2.18. The average molecular weight is 309 g/mol. The van der Waals surface area contributed by atoms with E-state index in [0.29, 0.717) is 11.0 Å². The molecule has 0 bridgehead atoms. The molecule has 1 aromatic heterocycles. The molecule has 0 spiro atoms. The van der Waals surface area contributed by atoms with Crippen molar-refractivity contribution in [1.29, 1.82) is 0 Å². The number of rotatable bonds is 3. The minimum Gasteiger partial charge on any atom is -0.322 e. The number of nitrogens with one attached hydrogen (secondary N) is 1. The van der Waals surface area contributed by atoms with Crippen LogP contribution in [-0.4, -0.2) is 10.9 Å². The number of alkyl halides is 1. The van der Waals surface area contributed by atoms with Crippen molar-refractivity contribution in [3.63, 3.8) is 0 Å². The lowest BCUT2D eigenvalue weighted by Crippen LogP contribution is -2.13. The van der Waals surface area contributed by atoms with Crippen molar-refractivity contribution in [2.45, 2.75) is 5.33 Å². The molecule has 1 aromatic carbocycles. The Bertz CT molecular complexity index is 574. The first-order valence-corrected chi connectivity index (χ1v) is 6.38. The molecule has 0 radical (unpaired) electrons. The molecule has 0 aliphatic heterocycles. The molecule has 3 nitrogen and oxygen atoms in total. The van der Waals surface area contributed by atoms with Crippen molar-refractivity contribution in [2.75, 3.05) is 5.32 Å². The minimum absolute atomic E-state index is 0.194. The van der Waals surface area contributed by atoms with Crippen LogP contribution in [0.5, 0.6) is 0 Å². The van der Waals surface area contributed by atoms with Gasteiger partial charge in [-0.2, -0.15) is 0 Å². The van der Waals surface area contributed by atoms with Crippen LogP contribution in [0, 0.1) is 5.82 Å². The predicted octanol–water partition coefficient (Wildman–Crippen LogP) is 3.37. The summed E-state index contributed by atoms with van der Waals surface area (Å²) < 4.78 is 13.0. The van der Waals surface area contributed by atoms with Gasteiger partial charge in [0, 0.05) is 17.2 Å². The summed E-state index contributed by atoms with van der Waals surface area (Å²) in [5.74, 6) is -0.910. The summed E-state index contributed by atoms with van der Waals surface area (Å²) in [6, 6.07) is 8.55. The molecule has 1 heterocycles. The van der Waals surface area contributed by atoms with Crippen molar-refractivity contribution < 1.29 is 9.18 Å². The molecule has 0 fully saturated rings. The quantitative estimate of drug-likeness (QED) is 0.883. The van der Waals surface area contributed by atoms with Crippen LogP contribution in [0.25, 0.3) is 0 Å². The number of carbonyl (C=O) groups excluding carboxylic acids is 1. The average Bonchev–Trinajstić information content (AvgIpc) is 2.39. The third-order valence-corrected chi connectivity index (χ3v) is 2.98. The monoisotopic (exact) mass is 308 g/mol. The van der Waals surface area contributed by atoms with Gasteiger partial charge in [-0.05, 0) is 17.7 Å². The first-order chi connectivity index (χ1) is 8.70. The maximum Gasteiger partial charge on any atom is 0.257 e. The van der Waals surface area contributed by atoms with Crippen molar-refractivity contribution in [3.05, 3.63) is 59.7 Å². The molecule has 2 aromatic rings. The minimum atomic E-state index is -0.531. The summed E-state index contributed by atoms with van der Waals surface area (Å²) in [4.78, 5) is 15.5. The van der Waals surface area contributed by atoms with Crippen LogP contribution in [0.4, 0.5) is 10.1 Å². The highest BCUT2D eigenvalue weighted by Gasteiger charge is 2.09. The van der Waals surface area contributed by atoms with Gasteiger partial charge in [-0.15, -0.1) is 0 Å². The molecule has 0 unspecified atom stereocenters. The lowest BCUT2D eigenvalue weighted by molar-refractivity contribution is 0.102. The topological polar surface area (TPSA) is 42.0 Å². The predicted molar refractivity (Wildman–Crippen MR) is 71.2 cm³/mol. The van der Waals surface area contributed by atoms with Gasteiger partial charge in [-0.25, -0.2) is 4.39 Å². The summed E-state index contributed by atoms with van der Waals surface area (Å²) in [5.41, 5.74) is 1.85. The van der Waals surface area contributed by atoms with Gasteiger partial charge in [0.25, 0.3) is 5.91 Å². The van der Waals surface area contributed by atoms with E-state index in [1.165, 1.54) is 6.20 Å². The van der Waals surface area contributed by atoms with E-state index in [4.69, 9.17) is 0 Å².